The highest BCUT2D eigenvalue weighted by Gasteiger charge is 2.25. The average molecular weight is 378 g/mol. The highest BCUT2D eigenvalue weighted by atomic mass is 32.2. The summed E-state index contributed by atoms with van der Waals surface area (Å²) in [5.74, 6) is -0.230. The molecule has 4 heteroatoms. The Morgan fingerprint density at radius 2 is 1.30 bits per heavy atom. The van der Waals surface area contributed by atoms with Crippen LogP contribution >= 0.6 is 0 Å². The van der Waals surface area contributed by atoms with E-state index >= 15 is 0 Å². The van der Waals surface area contributed by atoms with Gasteiger partial charge < -0.3 is 5.32 Å². The van der Waals surface area contributed by atoms with Crippen molar-refractivity contribution in [3.8, 4) is 0 Å². The lowest BCUT2D eigenvalue weighted by Crippen LogP contribution is -2.38. The molecular formula is C23H23NO2S. The third-order valence-electron chi connectivity index (χ3n) is 4.50. The first-order chi connectivity index (χ1) is 13.1. The monoisotopic (exact) mass is 377 g/mol. The Hall–Kier alpha value is -2.72. The Morgan fingerprint density at radius 1 is 0.815 bits per heavy atom. The summed E-state index contributed by atoms with van der Waals surface area (Å²) in [4.78, 5) is 13.5. The van der Waals surface area contributed by atoms with Crippen LogP contribution in [0.2, 0.25) is 0 Å². The molecule has 0 aliphatic heterocycles. The normalized spacial score (nSPS) is 13.1. The van der Waals surface area contributed by atoms with E-state index in [-0.39, 0.29) is 11.9 Å². The summed E-state index contributed by atoms with van der Waals surface area (Å²) in [6, 6.07) is 26.8. The third-order valence-corrected chi connectivity index (χ3v) is 6.09. The standard InChI is InChI=1S/C23H23NO2S/c1-17-13-15-21(16-14-17)27(26)18(2)23(25)24-22(19-9-5-3-6-10-19)20-11-7-4-8-12-20/h3-16,18,22H,1-2H3,(H,24,25)/t18-,27?/m1/s1. The predicted octanol–water partition coefficient (Wildman–Crippen LogP) is 4.40. The van der Waals surface area contributed by atoms with E-state index in [1.54, 1.807) is 6.92 Å². The summed E-state index contributed by atoms with van der Waals surface area (Å²) in [5, 5.41) is 2.43. The number of nitrogens with one attached hydrogen (secondary N) is 1. The second-order valence-corrected chi connectivity index (χ2v) is 8.29. The first-order valence-electron chi connectivity index (χ1n) is 8.94. The van der Waals surface area contributed by atoms with Gasteiger partial charge in [0.2, 0.25) is 5.91 Å². The molecule has 0 aliphatic carbocycles. The number of hydrogen-bond donors (Lipinski definition) is 1. The number of amides is 1. The molecule has 0 aliphatic rings. The van der Waals surface area contributed by atoms with Gasteiger partial charge in [-0.25, -0.2) is 0 Å². The molecule has 0 saturated carbocycles. The highest BCUT2D eigenvalue weighted by Crippen LogP contribution is 2.22. The van der Waals surface area contributed by atoms with Crippen LogP contribution in [0.5, 0.6) is 0 Å². The topological polar surface area (TPSA) is 46.2 Å². The summed E-state index contributed by atoms with van der Waals surface area (Å²) in [7, 11) is -1.41. The fourth-order valence-corrected chi connectivity index (χ4v) is 3.96. The third kappa shape index (κ3) is 4.72. The summed E-state index contributed by atoms with van der Waals surface area (Å²) in [6.07, 6.45) is 0. The van der Waals surface area contributed by atoms with Gasteiger partial charge in [0.15, 0.2) is 0 Å². The zero-order chi connectivity index (χ0) is 19.2. The van der Waals surface area contributed by atoms with Crippen LogP contribution in [0.25, 0.3) is 0 Å². The SMILES string of the molecule is Cc1ccc(S(=O)[C@H](C)C(=O)NC(c2ccccc2)c2ccccc2)cc1. The van der Waals surface area contributed by atoms with E-state index in [0.717, 1.165) is 16.7 Å². The average Bonchev–Trinajstić information content (AvgIpc) is 2.72. The summed E-state index contributed by atoms with van der Waals surface area (Å²) in [5.41, 5.74) is 3.08. The molecule has 3 aromatic rings. The number of aryl methyl sites for hydroxylation is 1. The van der Waals surface area contributed by atoms with Crippen LogP contribution in [0.15, 0.2) is 89.8 Å². The Bertz CT molecular complexity index is 869. The fraction of sp³-hybridized carbons (Fsp3) is 0.174. The van der Waals surface area contributed by atoms with E-state index < -0.39 is 16.0 Å². The molecule has 3 nitrogen and oxygen atoms in total. The highest BCUT2D eigenvalue weighted by molar-refractivity contribution is 7.86. The van der Waals surface area contributed by atoms with Crippen molar-refractivity contribution in [2.45, 2.75) is 30.0 Å². The van der Waals surface area contributed by atoms with Gasteiger partial charge in [-0.3, -0.25) is 9.00 Å². The molecule has 3 rings (SSSR count). The van der Waals surface area contributed by atoms with Crippen molar-refractivity contribution in [3.63, 3.8) is 0 Å². The largest absolute Gasteiger partial charge is 0.344 e. The van der Waals surface area contributed by atoms with Crippen LogP contribution in [0.1, 0.15) is 29.7 Å². The maximum absolute atomic E-state index is 12.9. The van der Waals surface area contributed by atoms with Gasteiger partial charge in [0.25, 0.3) is 0 Å². The van der Waals surface area contributed by atoms with Gasteiger partial charge in [-0.1, -0.05) is 78.4 Å². The molecule has 1 unspecified atom stereocenters. The van der Waals surface area contributed by atoms with Crippen LogP contribution in [0, 0.1) is 6.92 Å². The van der Waals surface area contributed by atoms with Gasteiger partial charge in [-0.05, 0) is 37.1 Å². The summed E-state index contributed by atoms with van der Waals surface area (Å²) >= 11 is 0. The minimum atomic E-state index is -1.41. The molecule has 3 aromatic carbocycles. The Morgan fingerprint density at radius 3 is 1.78 bits per heavy atom. The molecule has 1 amide bonds. The Kier molecular flexibility index (Phi) is 6.20. The first kappa shape index (κ1) is 19.1. The lowest BCUT2D eigenvalue weighted by molar-refractivity contribution is -0.120. The van der Waals surface area contributed by atoms with E-state index in [2.05, 4.69) is 5.32 Å². The van der Waals surface area contributed by atoms with Gasteiger partial charge in [0.05, 0.1) is 16.8 Å². The Balaban J connectivity index is 1.82. The van der Waals surface area contributed by atoms with Crippen LogP contribution in [-0.2, 0) is 15.6 Å². The van der Waals surface area contributed by atoms with E-state index in [9.17, 15) is 9.00 Å². The van der Waals surface area contributed by atoms with Gasteiger partial charge >= 0.3 is 0 Å². The van der Waals surface area contributed by atoms with Crippen LogP contribution in [0.3, 0.4) is 0 Å². The van der Waals surface area contributed by atoms with E-state index in [0.29, 0.717) is 4.90 Å². The smallest absolute Gasteiger partial charge is 0.236 e. The molecule has 0 bridgehead atoms. The number of rotatable bonds is 6. The molecule has 0 radical (unpaired) electrons. The fourth-order valence-electron chi connectivity index (χ4n) is 2.88. The van der Waals surface area contributed by atoms with Gasteiger partial charge in [-0.15, -0.1) is 0 Å². The molecule has 2 atom stereocenters. The van der Waals surface area contributed by atoms with Crippen LogP contribution in [-0.4, -0.2) is 15.4 Å². The molecule has 0 saturated heterocycles. The van der Waals surface area contributed by atoms with E-state index in [1.165, 1.54) is 0 Å². The van der Waals surface area contributed by atoms with Crippen molar-refractivity contribution in [2.24, 2.45) is 0 Å². The molecule has 0 fully saturated rings. The van der Waals surface area contributed by atoms with Crippen molar-refractivity contribution in [3.05, 3.63) is 102 Å². The van der Waals surface area contributed by atoms with Crippen molar-refractivity contribution >= 4 is 16.7 Å². The Labute approximate surface area is 162 Å². The van der Waals surface area contributed by atoms with Gasteiger partial charge in [0.1, 0.15) is 5.25 Å². The zero-order valence-corrected chi connectivity index (χ0v) is 16.3. The quantitative estimate of drug-likeness (QED) is 0.692. The molecule has 1 N–H and O–H groups in total. The van der Waals surface area contributed by atoms with Crippen LogP contribution in [0.4, 0.5) is 0 Å². The number of benzene rings is 3. The summed E-state index contributed by atoms with van der Waals surface area (Å²) < 4.78 is 12.8. The molecule has 0 heterocycles. The number of hydrogen-bond acceptors (Lipinski definition) is 2. The minimum absolute atomic E-state index is 0.230. The molecule has 0 aromatic heterocycles. The molecular weight excluding hydrogens is 354 g/mol. The first-order valence-corrected chi connectivity index (χ1v) is 10.1. The molecule has 27 heavy (non-hydrogen) atoms. The summed E-state index contributed by atoms with van der Waals surface area (Å²) in [6.45, 7) is 3.69. The van der Waals surface area contributed by atoms with Crippen molar-refractivity contribution in [2.75, 3.05) is 0 Å². The van der Waals surface area contributed by atoms with E-state index in [1.807, 2.05) is 91.9 Å². The molecule has 0 spiro atoms. The maximum Gasteiger partial charge on any atom is 0.236 e. The second kappa shape index (κ2) is 8.78. The van der Waals surface area contributed by atoms with Crippen LogP contribution < -0.4 is 5.32 Å². The predicted molar refractivity (Wildman–Crippen MR) is 110 cm³/mol. The van der Waals surface area contributed by atoms with E-state index in [4.69, 9.17) is 0 Å². The second-order valence-electron chi connectivity index (χ2n) is 6.52. The van der Waals surface area contributed by atoms with Crippen molar-refractivity contribution < 1.29 is 9.00 Å². The van der Waals surface area contributed by atoms with Crippen molar-refractivity contribution in [1.82, 2.24) is 5.32 Å². The van der Waals surface area contributed by atoms with Gasteiger partial charge in [-0.2, -0.15) is 0 Å². The zero-order valence-electron chi connectivity index (χ0n) is 15.5. The van der Waals surface area contributed by atoms with Crippen molar-refractivity contribution in [1.29, 1.82) is 0 Å². The molecule has 138 valence electrons. The van der Waals surface area contributed by atoms with Gasteiger partial charge in [0, 0.05) is 4.90 Å². The lowest BCUT2D eigenvalue weighted by atomic mass is 9.98. The lowest BCUT2D eigenvalue weighted by Gasteiger charge is -2.22. The number of carbonyl (C=O) groups is 1. The number of carbonyl (C=O) groups excluding carboxylic acids is 1. The minimum Gasteiger partial charge on any atom is -0.344 e. The maximum atomic E-state index is 12.9.